The van der Waals surface area contributed by atoms with Crippen LogP contribution in [0.2, 0.25) is 0 Å². The third-order valence-corrected chi connectivity index (χ3v) is 3.47. The first kappa shape index (κ1) is 11.3. The van der Waals surface area contributed by atoms with Gasteiger partial charge in [-0.3, -0.25) is 4.79 Å². The highest BCUT2D eigenvalue weighted by molar-refractivity contribution is 7.17. The van der Waals surface area contributed by atoms with Crippen LogP contribution in [-0.4, -0.2) is 41.9 Å². The van der Waals surface area contributed by atoms with Crippen LogP contribution in [-0.2, 0) is 4.74 Å². The Kier molecular flexibility index (Phi) is 3.35. The molecule has 2 N–H and O–H groups in total. The van der Waals surface area contributed by atoms with Crippen LogP contribution in [0, 0.1) is 0 Å². The number of rotatable bonds is 3. The summed E-state index contributed by atoms with van der Waals surface area (Å²) in [6.07, 6.45) is 0.922. The Balaban J connectivity index is 1.97. The number of aromatic nitrogens is 2. The predicted molar refractivity (Wildman–Crippen MR) is 60.7 cm³/mol. The van der Waals surface area contributed by atoms with Gasteiger partial charge in [-0.15, -0.1) is 10.2 Å². The molecule has 1 saturated heterocycles. The summed E-state index contributed by atoms with van der Waals surface area (Å²) in [5, 5.41) is 14.4. The van der Waals surface area contributed by atoms with Crippen LogP contribution in [0.5, 0.6) is 0 Å². The summed E-state index contributed by atoms with van der Waals surface area (Å²) in [5.41, 5.74) is 0. The normalized spacial score (nSPS) is 24.4. The second-order valence-electron chi connectivity index (χ2n) is 3.61. The summed E-state index contributed by atoms with van der Waals surface area (Å²) in [6.45, 7) is 2.65. The van der Waals surface area contributed by atoms with Crippen LogP contribution in [0.25, 0.3) is 0 Å². The van der Waals surface area contributed by atoms with Gasteiger partial charge in [0.2, 0.25) is 10.1 Å². The van der Waals surface area contributed by atoms with Crippen molar-refractivity contribution in [1.29, 1.82) is 0 Å². The first-order valence-electron chi connectivity index (χ1n) is 5.14. The monoisotopic (exact) mass is 242 g/mol. The van der Waals surface area contributed by atoms with Crippen molar-refractivity contribution in [1.82, 2.24) is 15.5 Å². The highest BCUT2D eigenvalue weighted by atomic mass is 32.1. The lowest BCUT2D eigenvalue weighted by atomic mass is 10.1. The van der Waals surface area contributed by atoms with Gasteiger partial charge in [-0.1, -0.05) is 11.3 Å². The Hall–Kier alpha value is -1.21. The van der Waals surface area contributed by atoms with Crippen LogP contribution >= 0.6 is 11.3 Å². The Morgan fingerprint density at radius 2 is 2.38 bits per heavy atom. The maximum absolute atomic E-state index is 11.8. The molecule has 0 bridgehead atoms. The number of amides is 1. The molecule has 1 aromatic rings. The van der Waals surface area contributed by atoms with E-state index in [1.54, 1.807) is 7.05 Å². The lowest BCUT2D eigenvalue weighted by molar-refractivity contribution is 0.0865. The van der Waals surface area contributed by atoms with E-state index in [0.717, 1.165) is 6.42 Å². The number of carbonyl (C=O) groups is 1. The Morgan fingerprint density at radius 3 is 2.94 bits per heavy atom. The molecule has 0 radical (unpaired) electrons. The molecule has 0 saturated carbocycles. The SMILES string of the molecule is CNc1nnc(C(=O)NC2CCOC2C)s1. The minimum absolute atomic E-state index is 0.0700. The quantitative estimate of drug-likeness (QED) is 0.806. The van der Waals surface area contributed by atoms with Gasteiger partial charge in [0.05, 0.1) is 12.1 Å². The molecule has 6 nitrogen and oxygen atoms in total. The molecular weight excluding hydrogens is 228 g/mol. The van der Waals surface area contributed by atoms with Crippen molar-refractivity contribution in [3.63, 3.8) is 0 Å². The van der Waals surface area contributed by atoms with Crippen molar-refractivity contribution in [3.8, 4) is 0 Å². The third-order valence-electron chi connectivity index (χ3n) is 2.53. The molecule has 1 aliphatic heterocycles. The standard InChI is InChI=1S/C9H14N4O2S/c1-5-6(3-4-15-5)11-7(14)8-12-13-9(10-2)16-8/h5-6H,3-4H2,1-2H3,(H,10,13)(H,11,14). The highest BCUT2D eigenvalue weighted by Crippen LogP contribution is 2.16. The van der Waals surface area contributed by atoms with Crippen LogP contribution < -0.4 is 10.6 Å². The second kappa shape index (κ2) is 4.75. The number of nitrogens with one attached hydrogen (secondary N) is 2. The van der Waals surface area contributed by atoms with E-state index in [9.17, 15) is 4.79 Å². The van der Waals surface area contributed by atoms with Gasteiger partial charge in [0, 0.05) is 13.7 Å². The van der Waals surface area contributed by atoms with Crippen LogP contribution in [0.3, 0.4) is 0 Å². The van der Waals surface area contributed by atoms with Gasteiger partial charge in [0.1, 0.15) is 0 Å². The van der Waals surface area contributed by atoms with Crippen molar-refractivity contribution >= 4 is 22.4 Å². The molecule has 2 unspecified atom stereocenters. The third kappa shape index (κ3) is 2.30. The van der Waals surface area contributed by atoms with Crippen molar-refractivity contribution in [3.05, 3.63) is 5.01 Å². The molecule has 2 heterocycles. The van der Waals surface area contributed by atoms with Gasteiger partial charge >= 0.3 is 0 Å². The first-order valence-corrected chi connectivity index (χ1v) is 5.96. The van der Waals surface area contributed by atoms with E-state index in [2.05, 4.69) is 20.8 Å². The average Bonchev–Trinajstić information content (AvgIpc) is 2.88. The minimum atomic E-state index is -0.179. The second-order valence-corrected chi connectivity index (χ2v) is 4.58. The number of hydrogen-bond acceptors (Lipinski definition) is 6. The summed E-state index contributed by atoms with van der Waals surface area (Å²) in [6, 6.07) is 0.0782. The molecular formula is C9H14N4O2S. The molecule has 88 valence electrons. The zero-order valence-electron chi connectivity index (χ0n) is 9.19. The van der Waals surface area contributed by atoms with Crippen molar-refractivity contribution in [2.75, 3.05) is 19.0 Å². The molecule has 0 aromatic carbocycles. The minimum Gasteiger partial charge on any atom is -0.376 e. The zero-order chi connectivity index (χ0) is 11.5. The van der Waals surface area contributed by atoms with E-state index in [0.29, 0.717) is 16.7 Å². The van der Waals surface area contributed by atoms with Gasteiger partial charge < -0.3 is 15.4 Å². The van der Waals surface area contributed by atoms with Gasteiger partial charge in [-0.25, -0.2) is 0 Å². The molecule has 16 heavy (non-hydrogen) atoms. The molecule has 7 heteroatoms. The highest BCUT2D eigenvalue weighted by Gasteiger charge is 2.27. The summed E-state index contributed by atoms with van der Waals surface area (Å²) in [4.78, 5) is 11.8. The van der Waals surface area contributed by atoms with E-state index in [1.807, 2.05) is 6.92 Å². The molecule has 1 amide bonds. The van der Waals surface area contributed by atoms with E-state index < -0.39 is 0 Å². The molecule has 1 aromatic heterocycles. The number of ether oxygens (including phenoxy) is 1. The van der Waals surface area contributed by atoms with Crippen LogP contribution in [0.4, 0.5) is 5.13 Å². The molecule has 0 spiro atoms. The first-order chi connectivity index (χ1) is 7.70. The Bertz CT molecular complexity index is 381. The summed E-state index contributed by atoms with van der Waals surface area (Å²) in [7, 11) is 1.75. The van der Waals surface area contributed by atoms with Crippen LogP contribution in [0.15, 0.2) is 0 Å². The Morgan fingerprint density at radius 1 is 1.56 bits per heavy atom. The summed E-state index contributed by atoms with van der Waals surface area (Å²) in [5.74, 6) is -0.179. The van der Waals surface area contributed by atoms with E-state index in [4.69, 9.17) is 4.74 Å². The number of nitrogens with zero attached hydrogens (tertiary/aromatic N) is 2. The van der Waals surface area contributed by atoms with Gasteiger partial charge in [-0.2, -0.15) is 0 Å². The van der Waals surface area contributed by atoms with Gasteiger partial charge in [-0.05, 0) is 13.3 Å². The zero-order valence-corrected chi connectivity index (χ0v) is 10.0. The number of anilines is 1. The van der Waals surface area contributed by atoms with E-state index in [1.165, 1.54) is 11.3 Å². The Labute approximate surface area is 97.4 Å². The fraction of sp³-hybridized carbons (Fsp3) is 0.667. The average molecular weight is 242 g/mol. The van der Waals surface area contributed by atoms with Crippen molar-refractivity contribution in [2.45, 2.75) is 25.5 Å². The fourth-order valence-corrected chi connectivity index (χ4v) is 2.17. The molecule has 1 fully saturated rings. The summed E-state index contributed by atoms with van der Waals surface area (Å²) < 4.78 is 5.37. The smallest absolute Gasteiger partial charge is 0.282 e. The number of hydrogen-bond donors (Lipinski definition) is 2. The molecule has 0 aliphatic carbocycles. The topological polar surface area (TPSA) is 76.1 Å². The maximum Gasteiger partial charge on any atom is 0.282 e. The molecule has 2 atom stereocenters. The predicted octanol–water partition coefficient (Wildman–Crippen LogP) is 0.487. The van der Waals surface area contributed by atoms with Crippen molar-refractivity contribution < 1.29 is 9.53 Å². The van der Waals surface area contributed by atoms with E-state index in [-0.39, 0.29) is 18.1 Å². The molecule has 2 rings (SSSR count). The van der Waals surface area contributed by atoms with Crippen LogP contribution in [0.1, 0.15) is 23.1 Å². The summed E-state index contributed by atoms with van der Waals surface area (Å²) >= 11 is 1.24. The maximum atomic E-state index is 11.8. The van der Waals surface area contributed by atoms with Gasteiger partial charge in [0.15, 0.2) is 0 Å². The fourth-order valence-electron chi connectivity index (χ4n) is 1.57. The molecule has 1 aliphatic rings. The van der Waals surface area contributed by atoms with Crippen molar-refractivity contribution in [2.24, 2.45) is 0 Å². The lowest BCUT2D eigenvalue weighted by Crippen LogP contribution is -2.39. The van der Waals surface area contributed by atoms with Gasteiger partial charge in [0.25, 0.3) is 5.91 Å². The number of carbonyl (C=O) groups excluding carboxylic acids is 1. The largest absolute Gasteiger partial charge is 0.376 e. The van der Waals surface area contributed by atoms with E-state index >= 15 is 0 Å². The lowest BCUT2D eigenvalue weighted by Gasteiger charge is -2.14.